The van der Waals surface area contributed by atoms with Crippen LogP contribution in [0.25, 0.3) is 0 Å². The zero-order valence-corrected chi connectivity index (χ0v) is 13.7. The molecule has 0 fully saturated rings. The van der Waals surface area contributed by atoms with E-state index in [9.17, 15) is 9.59 Å². The summed E-state index contributed by atoms with van der Waals surface area (Å²) in [6.45, 7) is 2.18. The maximum atomic E-state index is 11.8. The highest BCUT2D eigenvalue weighted by Gasteiger charge is 2.09. The number of nitrogens with one attached hydrogen (secondary N) is 3. The van der Waals surface area contributed by atoms with Crippen LogP contribution in [0.3, 0.4) is 0 Å². The van der Waals surface area contributed by atoms with Crippen LogP contribution in [-0.4, -0.2) is 24.5 Å². The normalized spacial score (nSPS) is 11.5. The molecule has 128 valence electrons. The summed E-state index contributed by atoms with van der Waals surface area (Å²) in [6, 6.07) is 13.3. The van der Waals surface area contributed by atoms with Crippen LogP contribution < -0.4 is 16.0 Å². The van der Waals surface area contributed by atoms with Crippen molar-refractivity contribution in [3.8, 4) is 0 Å². The molecule has 3 N–H and O–H groups in total. The summed E-state index contributed by atoms with van der Waals surface area (Å²) < 4.78 is 5.11. The number of hydrogen-bond donors (Lipinski definition) is 3. The maximum Gasteiger partial charge on any atom is 0.315 e. The fourth-order valence-electron chi connectivity index (χ4n) is 2.20. The monoisotopic (exact) mass is 329 g/mol. The van der Waals surface area contributed by atoms with E-state index < -0.39 is 0 Å². The van der Waals surface area contributed by atoms with Crippen molar-refractivity contribution in [3.05, 3.63) is 60.1 Å². The van der Waals surface area contributed by atoms with Crippen molar-refractivity contribution >= 4 is 11.9 Å². The number of benzene rings is 1. The van der Waals surface area contributed by atoms with Crippen molar-refractivity contribution in [1.82, 2.24) is 16.0 Å². The Morgan fingerprint density at radius 1 is 1.08 bits per heavy atom. The molecule has 3 amide bonds. The largest absolute Gasteiger partial charge is 0.467 e. The van der Waals surface area contributed by atoms with Gasteiger partial charge < -0.3 is 20.4 Å². The van der Waals surface area contributed by atoms with Crippen LogP contribution in [-0.2, 0) is 17.8 Å². The van der Waals surface area contributed by atoms with Crippen molar-refractivity contribution in [3.63, 3.8) is 0 Å². The lowest BCUT2D eigenvalue weighted by Gasteiger charge is -2.14. The summed E-state index contributed by atoms with van der Waals surface area (Å²) in [6.07, 6.45) is 3.28. The van der Waals surface area contributed by atoms with Crippen LogP contribution in [0.5, 0.6) is 0 Å². The topological polar surface area (TPSA) is 83.4 Å². The zero-order chi connectivity index (χ0) is 17.2. The van der Waals surface area contributed by atoms with Crippen LogP contribution in [0.1, 0.15) is 24.7 Å². The highest BCUT2D eigenvalue weighted by atomic mass is 16.3. The first-order valence-electron chi connectivity index (χ1n) is 8.01. The van der Waals surface area contributed by atoms with Crippen molar-refractivity contribution in [2.24, 2.45) is 0 Å². The third kappa shape index (κ3) is 6.56. The van der Waals surface area contributed by atoms with E-state index in [0.717, 1.165) is 12.8 Å². The van der Waals surface area contributed by atoms with Crippen molar-refractivity contribution in [1.29, 1.82) is 0 Å². The van der Waals surface area contributed by atoms with Gasteiger partial charge in [0.2, 0.25) is 5.91 Å². The Morgan fingerprint density at radius 3 is 2.58 bits per heavy atom. The third-order valence-corrected chi connectivity index (χ3v) is 3.54. The van der Waals surface area contributed by atoms with Crippen LogP contribution in [0.15, 0.2) is 53.1 Å². The summed E-state index contributed by atoms with van der Waals surface area (Å²) >= 11 is 0. The molecule has 0 aliphatic carbocycles. The van der Waals surface area contributed by atoms with E-state index >= 15 is 0 Å². The van der Waals surface area contributed by atoms with Gasteiger partial charge in [0.15, 0.2) is 0 Å². The van der Waals surface area contributed by atoms with E-state index in [1.807, 2.05) is 25.1 Å². The number of carbonyl (C=O) groups is 2. The van der Waals surface area contributed by atoms with Crippen LogP contribution in [0, 0.1) is 0 Å². The molecule has 6 nitrogen and oxygen atoms in total. The smallest absolute Gasteiger partial charge is 0.315 e. The molecule has 1 aromatic carbocycles. The van der Waals surface area contributed by atoms with Gasteiger partial charge in [-0.15, -0.1) is 0 Å². The summed E-state index contributed by atoms with van der Waals surface area (Å²) in [5, 5.41) is 8.04. The molecule has 2 aromatic rings. The third-order valence-electron chi connectivity index (χ3n) is 3.54. The minimum Gasteiger partial charge on any atom is -0.467 e. The van der Waals surface area contributed by atoms with Gasteiger partial charge in [0, 0.05) is 6.04 Å². The molecule has 0 saturated heterocycles. The van der Waals surface area contributed by atoms with Gasteiger partial charge in [-0.25, -0.2) is 4.79 Å². The standard InChI is InChI=1S/C18H23N3O3/c1-14(9-10-15-6-3-2-4-7-15)21-18(23)20-13-17(22)19-12-16-8-5-11-24-16/h2-8,11,14H,9-10,12-13H2,1H3,(H,19,22)(H2,20,21,23). The van der Waals surface area contributed by atoms with Crippen LogP contribution in [0.2, 0.25) is 0 Å². The van der Waals surface area contributed by atoms with Gasteiger partial charge in [-0.2, -0.15) is 0 Å². The van der Waals surface area contributed by atoms with Gasteiger partial charge in [-0.05, 0) is 37.5 Å². The van der Waals surface area contributed by atoms with E-state index in [1.165, 1.54) is 5.56 Å². The molecule has 0 spiro atoms. The van der Waals surface area contributed by atoms with E-state index in [0.29, 0.717) is 12.3 Å². The van der Waals surface area contributed by atoms with Gasteiger partial charge >= 0.3 is 6.03 Å². The fraction of sp³-hybridized carbons (Fsp3) is 0.333. The number of hydrogen-bond acceptors (Lipinski definition) is 3. The first-order chi connectivity index (χ1) is 11.6. The van der Waals surface area contributed by atoms with Gasteiger partial charge in [0.05, 0.1) is 19.4 Å². The number of furan rings is 1. The Kier molecular flexibility index (Phi) is 6.89. The molecule has 1 atom stereocenters. The number of amides is 3. The molecule has 1 heterocycles. The predicted octanol–water partition coefficient (Wildman–Crippen LogP) is 2.22. The average molecular weight is 329 g/mol. The minimum absolute atomic E-state index is 0.0244. The molecule has 0 bridgehead atoms. The second-order valence-electron chi connectivity index (χ2n) is 5.61. The number of aryl methyl sites for hydroxylation is 1. The Labute approximate surface area is 141 Å². The first-order valence-corrected chi connectivity index (χ1v) is 8.01. The summed E-state index contributed by atoms with van der Waals surface area (Å²) in [5.41, 5.74) is 1.24. The van der Waals surface area contributed by atoms with Gasteiger partial charge in [-0.1, -0.05) is 30.3 Å². The number of rotatable bonds is 8. The SMILES string of the molecule is CC(CCc1ccccc1)NC(=O)NCC(=O)NCc1ccco1. The van der Waals surface area contributed by atoms with Gasteiger partial charge in [0.25, 0.3) is 0 Å². The molecule has 2 rings (SSSR count). The van der Waals surface area contributed by atoms with Crippen molar-refractivity contribution in [2.75, 3.05) is 6.54 Å². The molecule has 6 heteroatoms. The highest BCUT2D eigenvalue weighted by Crippen LogP contribution is 2.04. The van der Waals surface area contributed by atoms with E-state index in [1.54, 1.807) is 18.4 Å². The quantitative estimate of drug-likeness (QED) is 0.694. The zero-order valence-electron chi connectivity index (χ0n) is 13.7. The maximum absolute atomic E-state index is 11.8. The van der Waals surface area contributed by atoms with Crippen LogP contribution in [0.4, 0.5) is 4.79 Å². The average Bonchev–Trinajstić information content (AvgIpc) is 3.11. The molecular formula is C18H23N3O3. The van der Waals surface area contributed by atoms with Gasteiger partial charge in [0.1, 0.15) is 5.76 Å². The highest BCUT2D eigenvalue weighted by molar-refractivity contribution is 5.83. The van der Waals surface area contributed by atoms with E-state index in [4.69, 9.17) is 4.42 Å². The van der Waals surface area contributed by atoms with E-state index in [-0.39, 0.29) is 24.5 Å². The Balaban J connectivity index is 1.59. The molecule has 0 saturated carbocycles. The molecule has 0 radical (unpaired) electrons. The molecule has 1 aromatic heterocycles. The predicted molar refractivity (Wildman–Crippen MR) is 91.3 cm³/mol. The lowest BCUT2D eigenvalue weighted by Crippen LogP contribution is -2.44. The summed E-state index contributed by atoms with van der Waals surface area (Å²) in [4.78, 5) is 23.4. The van der Waals surface area contributed by atoms with Gasteiger partial charge in [-0.3, -0.25) is 4.79 Å². The summed E-state index contributed by atoms with van der Waals surface area (Å²) in [5.74, 6) is 0.404. The molecule has 1 unspecified atom stereocenters. The molecule has 0 aliphatic heterocycles. The second-order valence-corrected chi connectivity index (χ2v) is 5.61. The van der Waals surface area contributed by atoms with E-state index in [2.05, 4.69) is 28.1 Å². The number of urea groups is 1. The molecular weight excluding hydrogens is 306 g/mol. The van der Waals surface area contributed by atoms with Crippen molar-refractivity contribution < 1.29 is 14.0 Å². The molecule has 0 aliphatic rings. The Morgan fingerprint density at radius 2 is 1.88 bits per heavy atom. The minimum atomic E-state index is -0.344. The lowest BCUT2D eigenvalue weighted by molar-refractivity contribution is -0.120. The Hall–Kier alpha value is -2.76. The van der Waals surface area contributed by atoms with Crippen LogP contribution >= 0.6 is 0 Å². The summed E-state index contributed by atoms with van der Waals surface area (Å²) in [7, 11) is 0. The lowest BCUT2D eigenvalue weighted by atomic mass is 10.1. The first kappa shape index (κ1) is 17.6. The molecule has 24 heavy (non-hydrogen) atoms. The number of carbonyl (C=O) groups excluding carboxylic acids is 2. The van der Waals surface area contributed by atoms with Crippen molar-refractivity contribution in [2.45, 2.75) is 32.4 Å². The Bertz CT molecular complexity index is 626. The second kappa shape index (κ2) is 9.39. The fourth-order valence-corrected chi connectivity index (χ4v) is 2.20.